The fraction of sp³-hybridized carbons (Fsp3) is 0.588. The number of nitrogens with zero attached hydrogens (tertiary/aromatic N) is 1. The SMILES string of the molecule is Cc1ccc(Br)cc1CN(C(=O)OC(C)(C)C)C1CCC1. The molecule has 1 fully saturated rings. The van der Waals surface area contributed by atoms with E-state index in [2.05, 4.69) is 35.0 Å². The highest BCUT2D eigenvalue weighted by Gasteiger charge is 2.32. The molecule has 4 heteroatoms. The number of benzene rings is 1. The summed E-state index contributed by atoms with van der Waals surface area (Å²) in [6.45, 7) is 8.43. The Hall–Kier alpha value is -1.03. The first-order valence-electron chi connectivity index (χ1n) is 7.51. The molecular formula is C17H24BrNO2. The van der Waals surface area contributed by atoms with Crippen molar-refractivity contribution in [1.29, 1.82) is 0 Å². The van der Waals surface area contributed by atoms with E-state index in [1.54, 1.807) is 0 Å². The molecule has 0 N–H and O–H groups in total. The molecule has 2 rings (SSSR count). The lowest BCUT2D eigenvalue weighted by atomic mass is 9.91. The molecule has 0 bridgehead atoms. The topological polar surface area (TPSA) is 29.5 Å². The van der Waals surface area contributed by atoms with Gasteiger partial charge in [0.05, 0.1) is 0 Å². The number of hydrogen-bond donors (Lipinski definition) is 0. The van der Waals surface area contributed by atoms with Crippen LogP contribution < -0.4 is 0 Å². The zero-order valence-corrected chi connectivity index (χ0v) is 14.9. The normalized spacial score (nSPS) is 15.5. The molecule has 0 radical (unpaired) electrons. The van der Waals surface area contributed by atoms with Crippen LogP contribution in [0.4, 0.5) is 4.79 Å². The monoisotopic (exact) mass is 353 g/mol. The number of aryl methyl sites for hydroxylation is 1. The predicted octanol–water partition coefficient (Wildman–Crippen LogP) is 5.05. The van der Waals surface area contributed by atoms with Crippen molar-refractivity contribution in [3.05, 3.63) is 33.8 Å². The first kappa shape index (κ1) is 16.3. The van der Waals surface area contributed by atoms with E-state index in [0.29, 0.717) is 12.6 Å². The molecule has 0 aromatic heterocycles. The van der Waals surface area contributed by atoms with Gasteiger partial charge in [-0.3, -0.25) is 0 Å². The third kappa shape index (κ3) is 4.47. The molecule has 1 aliphatic rings. The molecular weight excluding hydrogens is 330 g/mol. The summed E-state index contributed by atoms with van der Waals surface area (Å²) in [5.41, 5.74) is 1.92. The highest BCUT2D eigenvalue weighted by atomic mass is 79.9. The van der Waals surface area contributed by atoms with Gasteiger partial charge in [-0.15, -0.1) is 0 Å². The van der Waals surface area contributed by atoms with E-state index >= 15 is 0 Å². The second kappa shape index (κ2) is 6.39. The molecule has 1 saturated carbocycles. The fourth-order valence-electron chi connectivity index (χ4n) is 2.36. The van der Waals surface area contributed by atoms with E-state index < -0.39 is 5.60 Å². The van der Waals surface area contributed by atoms with Gasteiger partial charge in [-0.05, 0) is 70.2 Å². The molecule has 1 aromatic rings. The Balaban J connectivity index is 2.16. The van der Waals surface area contributed by atoms with Gasteiger partial charge in [0.15, 0.2) is 0 Å². The Bertz CT molecular complexity index is 518. The van der Waals surface area contributed by atoms with E-state index in [0.717, 1.165) is 17.3 Å². The molecule has 0 atom stereocenters. The summed E-state index contributed by atoms with van der Waals surface area (Å²) >= 11 is 3.51. The predicted molar refractivity (Wildman–Crippen MR) is 88.3 cm³/mol. The third-order valence-electron chi connectivity index (χ3n) is 3.80. The Morgan fingerprint density at radius 2 is 2.05 bits per heavy atom. The van der Waals surface area contributed by atoms with E-state index in [1.165, 1.54) is 17.5 Å². The maximum atomic E-state index is 12.5. The van der Waals surface area contributed by atoms with Crippen LogP contribution in [0.5, 0.6) is 0 Å². The molecule has 116 valence electrons. The van der Waals surface area contributed by atoms with Gasteiger partial charge in [-0.25, -0.2) is 4.79 Å². The quantitative estimate of drug-likeness (QED) is 0.760. The van der Waals surface area contributed by atoms with Crippen LogP contribution in [0.15, 0.2) is 22.7 Å². The van der Waals surface area contributed by atoms with Gasteiger partial charge in [0, 0.05) is 17.1 Å². The summed E-state index contributed by atoms with van der Waals surface area (Å²) in [4.78, 5) is 14.4. The lowest BCUT2D eigenvalue weighted by Crippen LogP contribution is -2.46. The molecule has 0 heterocycles. The van der Waals surface area contributed by atoms with E-state index in [9.17, 15) is 4.79 Å². The van der Waals surface area contributed by atoms with Crippen molar-refractivity contribution in [3.63, 3.8) is 0 Å². The molecule has 0 aliphatic heterocycles. The second-order valence-electron chi connectivity index (χ2n) is 6.76. The van der Waals surface area contributed by atoms with Crippen LogP contribution in [0.1, 0.15) is 51.2 Å². The molecule has 0 unspecified atom stereocenters. The molecule has 1 amide bonds. The largest absolute Gasteiger partial charge is 0.444 e. The number of rotatable bonds is 3. The Kier molecular flexibility index (Phi) is 4.97. The molecule has 1 aromatic carbocycles. The van der Waals surface area contributed by atoms with Crippen molar-refractivity contribution in [3.8, 4) is 0 Å². The van der Waals surface area contributed by atoms with Crippen molar-refractivity contribution in [2.75, 3.05) is 0 Å². The number of carbonyl (C=O) groups is 1. The van der Waals surface area contributed by atoms with Gasteiger partial charge < -0.3 is 9.64 Å². The molecule has 3 nitrogen and oxygen atoms in total. The van der Waals surface area contributed by atoms with E-state index in [4.69, 9.17) is 4.74 Å². The molecule has 21 heavy (non-hydrogen) atoms. The summed E-state index contributed by atoms with van der Waals surface area (Å²) in [7, 11) is 0. The van der Waals surface area contributed by atoms with Gasteiger partial charge in [-0.2, -0.15) is 0 Å². The van der Waals surface area contributed by atoms with E-state index in [-0.39, 0.29) is 6.09 Å². The summed E-state index contributed by atoms with van der Waals surface area (Å²) in [6.07, 6.45) is 3.14. The zero-order chi connectivity index (χ0) is 15.6. The number of halogens is 1. The van der Waals surface area contributed by atoms with Crippen LogP contribution in [0, 0.1) is 6.92 Å². The Morgan fingerprint density at radius 1 is 1.38 bits per heavy atom. The van der Waals surface area contributed by atoms with Crippen molar-refractivity contribution in [2.45, 2.75) is 65.1 Å². The van der Waals surface area contributed by atoms with Gasteiger partial charge in [0.2, 0.25) is 0 Å². The second-order valence-corrected chi connectivity index (χ2v) is 7.68. The summed E-state index contributed by atoms with van der Waals surface area (Å²) < 4.78 is 6.62. The first-order valence-corrected chi connectivity index (χ1v) is 8.30. The highest BCUT2D eigenvalue weighted by Crippen LogP contribution is 2.29. The maximum absolute atomic E-state index is 12.5. The summed E-state index contributed by atoms with van der Waals surface area (Å²) in [5.74, 6) is 0. The van der Waals surface area contributed by atoms with Crippen LogP contribution in [-0.2, 0) is 11.3 Å². The number of ether oxygens (including phenoxy) is 1. The van der Waals surface area contributed by atoms with Crippen LogP contribution in [-0.4, -0.2) is 22.6 Å². The van der Waals surface area contributed by atoms with Crippen LogP contribution in [0.2, 0.25) is 0 Å². The van der Waals surface area contributed by atoms with Crippen LogP contribution >= 0.6 is 15.9 Å². The van der Waals surface area contributed by atoms with Crippen molar-refractivity contribution >= 4 is 22.0 Å². The number of carbonyl (C=O) groups excluding carboxylic acids is 1. The summed E-state index contributed by atoms with van der Waals surface area (Å²) in [5, 5.41) is 0. The molecule has 0 saturated heterocycles. The molecule has 1 aliphatic carbocycles. The minimum atomic E-state index is -0.453. The van der Waals surface area contributed by atoms with Crippen molar-refractivity contribution in [1.82, 2.24) is 4.90 Å². The van der Waals surface area contributed by atoms with Crippen molar-refractivity contribution in [2.24, 2.45) is 0 Å². The first-order chi connectivity index (χ1) is 9.76. The lowest BCUT2D eigenvalue weighted by molar-refractivity contribution is 0.00457. The average molecular weight is 354 g/mol. The van der Waals surface area contributed by atoms with Gasteiger partial charge >= 0.3 is 6.09 Å². The zero-order valence-electron chi connectivity index (χ0n) is 13.3. The number of hydrogen-bond acceptors (Lipinski definition) is 2. The smallest absolute Gasteiger partial charge is 0.410 e. The van der Waals surface area contributed by atoms with Crippen LogP contribution in [0.25, 0.3) is 0 Å². The minimum Gasteiger partial charge on any atom is -0.444 e. The van der Waals surface area contributed by atoms with E-state index in [1.807, 2.05) is 31.7 Å². The van der Waals surface area contributed by atoms with Gasteiger partial charge in [0.25, 0.3) is 0 Å². The van der Waals surface area contributed by atoms with Crippen molar-refractivity contribution < 1.29 is 9.53 Å². The summed E-state index contributed by atoms with van der Waals surface area (Å²) in [6, 6.07) is 6.51. The minimum absolute atomic E-state index is 0.202. The van der Waals surface area contributed by atoms with Gasteiger partial charge in [-0.1, -0.05) is 22.0 Å². The maximum Gasteiger partial charge on any atom is 0.410 e. The van der Waals surface area contributed by atoms with Gasteiger partial charge in [0.1, 0.15) is 5.60 Å². The average Bonchev–Trinajstić information content (AvgIpc) is 2.28. The molecule has 0 spiro atoms. The number of amides is 1. The Morgan fingerprint density at radius 3 is 2.57 bits per heavy atom. The Labute approximate surface area is 135 Å². The van der Waals surface area contributed by atoms with Crippen LogP contribution in [0.3, 0.4) is 0 Å². The standard InChI is InChI=1S/C17H24BrNO2/c1-12-8-9-14(18)10-13(12)11-19(15-6-5-7-15)16(20)21-17(2,3)4/h8-10,15H,5-7,11H2,1-4H3. The lowest BCUT2D eigenvalue weighted by Gasteiger charge is -2.38. The third-order valence-corrected chi connectivity index (χ3v) is 4.29. The highest BCUT2D eigenvalue weighted by molar-refractivity contribution is 9.10. The fourth-order valence-corrected chi connectivity index (χ4v) is 2.76.